The highest BCUT2D eigenvalue weighted by Crippen LogP contribution is 2.08. The molecular weight excluding hydrogens is 220 g/mol. The van der Waals surface area contributed by atoms with Gasteiger partial charge in [-0.3, -0.25) is 4.90 Å². The lowest BCUT2D eigenvalue weighted by Crippen LogP contribution is -2.40. The zero-order valence-electron chi connectivity index (χ0n) is 12.3. The molecule has 0 spiro atoms. The van der Waals surface area contributed by atoms with E-state index in [0.717, 1.165) is 25.6 Å². The first kappa shape index (κ1) is 15.2. The van der Waals surface area contributed by atoms with Crippen molar-refractivity contribution in [3.8, 4) is 0 Å². The quantitative estimate of drug-likeness (QED) is 0.760. The molecule has 2 heteroatoms. The largest absolute Gasteiger partial charge is 0.315 e. The lowest BCUT2D eigenvalue weighted by Gasteiger charge is -2.28. The maximum Gasteiger partial charge on any atom is 0.0234 e. The number of benzene rings is 1. The molecule has 102 valence electrons. The SMILES string of the molecule is CCC(CNCC(C)C)N(C)Cc1ccccc1. The fraction of sp³-hybridized carbons (Fsp3) is 0.625. The lowest BCUT2D eigenvalue weighted by molar-refractivity contribution is 0.220. The van der Waals surface area contributed by atoms with Gasteiger partial charge in [-0.25, -0.2) is 0 Å². The molecule has 0 aliphatic heterocycles. The molecule has 0 aliphatic rings. The van der Waals surface area contributed by atoms with Crippen LogP contribution in [0.4, 0.5) is 0 Å². The molecule has 0 saturated carbocycles. The molecular formula is C16H28N2. The molecule has 1 N–H and O–H groups in total. The van der Waals surface area contributed by atoms with Crippen molar-refractivity contribution in [2.24, 2.45) is 5.92 Å². The minimum atomic E-state index is 0.615. The number of rotatable bonds is 8. The van der Waals surface area contributed by atoms with Crippen molar-refractivity contribution in [3.63, 3.8) is 0 Å². The predicted octanol–water partition coefficient (Wildman–Crippen LogP) is 3.14. The van der Waals surface area contributed by atoms with Crippen LogP contribution in [0, 0.1) is 5.92 Å². The van der Waals surface area contributed by atoms with Crippen LogP contribution < -0.4 is 5.32 Å². The van der Waals surface area contributed by atoms with Crippen molar-refractivity contribution in [1.29, 1.82) is 0 Å². The maximum atomic E-state index is 3.56. The van der Waals surface area contributed by atoms with E-state index in [0.29, 0.717) is 6.04 Å². The van der Waals surface area contributed by atoms with E-state index in [1.54, 1.807) is 0 Å². The van der Waals surface area contributed by atoms with Gasteiger partial charge in [0.2, 0.25) is 0 Å². The summed E-state index contributed by atoms with van der Waals surface area (Å²) in [5.74, 6) is 0.724. The summed E-state index contributed by atoms with van der Waals surface area (Å²) >= 11 is 0. The summed E-state index contributed by atoms with van der Waals surface area (Å²) in [5.41, 5.74) is 1.39. The fourth-order valence-corrected chi connectivity index (χ4v) is 2.15. The highest BCUT2D eigenvalue weighted by Gasteiger charge is 2.12. The Hall–Kier alpha value is -0.860. The van der Waals surface area contributed by atoms with E-state index in [4.69, 9.17) is 0 Å². The average molecular weight is 248 g/mol. The maximum absolute atomic E-state index is 3.56. The van der Waals surface area contributed by atoms with Crippen molar-refractivity contribution in [3.05, 3.63) is 35.9 Å². The van der Waals surface area contributed by atoms with Gasteiger partial charge in [0.25, 0.3) is 0 Å². The van der Waals surface area contributed by atoms with Crippen LogP contribution in [0.25, 0.3) is 0 Å². The van der Waals surface area contributed by atoms with Crippen LogP contribution in [0.5, 0.6) is 0 Å². The van der Waals surface area contributed by atoms with Gasteiger partial charge in [0.1, 0.15) is 0 Å². The van der Waals surface area contributed by atoms with E-state index in [2.05, 4.69) is 68.4 Å². The molecule has 0 radical (unpaired) electrons. The van der Waals surface area contributed by atoms with Crippen LogP contribution in [-0.4, -0.2) is 31.1 Å². The molecule has 1 unspecified atom stereocenters. The summed E-state index contributed by atoms with van der Waals surface area (Å²) in [7, 11) is 2.22. The van der Waals surface area contributed by atoms with Crippen LogP contribution in [0.1, 0.15) is 32.8 Å². The van der Waals surface area contributed by atoms with Gasteiger partial charge in [-0.2, -0.15) is 0 Å². The van der Waals surface area contributed by atoms with Crippen molar-refractivity contribution in [2.45, 2.75) is 39.8 Å². The summed E-state index contributed by atoms with van der Waals surface area (Å²) in [6, 6.07) is 11.3. The molecule has 0 heterocycles. The summed E-state index contributed by atoms with van der Waals surface area (Å²) in [6.45, 7) is 9.99. The van der Waals surface area contributed by atoms with Gasteiger partial charge in [0.15, 0.2) is 0 Å². The minimum absolute atomic E-state index is 0.615. The number of likely N-dealkylation sites (N-methyl/N-ethyl adjacent to an activating group) is 1. The highest BCUT2D eigenvalue weighted by molar-refractivity contribution is 5.14. The predicted molar refractivity (Wildman–Crippen MR) is 79.7 cm³/mol. The van der Waals surface area contributed by atoms with Crippen LogP contribution in [0.2, 0.25) is 0 Å². The van der Waals surface area contributed by atoms with Gasteiger partial charge in [0.05, 0.1) is 0 Å². The zero-order valence-corrected chi connectivity index (χ0v) is 12.3. The topological polar surface area (TPSA) is 15.3 Å². The standard InChI is InChI=1S/C16H28N2/c1-5-16(12-17-11-14(2)3)18(4)13-15-9-7-6-8-10-15/h6-10,14,16-17H,5,11-13H2,1-4H3. The Labute approximate surface area is 112 Å². The van der Waals surface area contributed by atoms with E-state index >= 15 is 0 Å². The first-order chi connectivity index (χ1) is 8.63. The molecule has 2 nitrogen and oxygen atoms in total. The van der Waals surface area contributed by atoms with E-state index in [1.165, 1.54) is 12.0 Å². The lowest BCUT2D eigenvalue weighted by atomic mass is 10.1. The molecule has 0 bridgehead atoms. The minimum Gasteiger partial charge on any atom is -0.315 e. The first-order valence-corrected chi connectivity index (χ1v) is 7.08. The van der Waals surface area contributed by atoms with Gasteiger partial charge >= 0.3 is 0 Å². The molecule has 0 saturated heterocycles. The van der Waals surface area contributed by atoms with Crippen LogP contribution in [0.15, 0.2) is 30.3 Å². The second-order valence-electron chi connectivity index (χ2n) is 5.51. The Morgan fingerprint density at radius 1 is 1.11 bits per heavy atom. The molecule has 0 fully saturated rings. The van der Waals surface area contributed by atoms with E-state index in [-0.39, 0.29) is 0 Å². The Kier molecular flexibility index (Phi) is 6.99. The smallest absolute Gasteiger partial charge is 0.0234 e. The second-order valence-corrected chi connectivity index (χ2v) is 5.51. The first-order valence-electron chi connectivity index (χ1n) is 7.08. The summed E-state index contributed by atoms with van der Waals surface area (Å²) in [6.07, 6.45) is 1.19. The number of nitrogens with one attached hydrogen (secondary N) is 1. The molecule has 18 heavy (non-hydrogen) atoms. The fourth-order valence-electron chi connectivity index (χ4n) is 2.15. The molecule has 1 atom stereocenters. The van der Waals surface area contributed by atoms with Gasteiger partial charge in [-0.05, 0) is 31.5 Å². The summed E-state index contributed by atoms with van der Waals surface area (Å²) < 4.78 is 0. The van der Waals surface area contributed by atoms with E-state index < -0.39 is 0 Å². The van der Waals surface area contributed by atoms with Crippen molar-refractivity contribution < 1.29 is 0 Å². The van der Waals surface area contributed by atoms with Gasteiger partial charge < -0.3 is 5.32 Å². The van der Waals surface area contributed by atoms with Crippen molar-refractivity contribution >= 4 is 0 Å². The monoisotopic (exact) mass is 248 g/mol. The number of hydrogen-bond acceptors (Lipinski definition) is 2. The Balaban J connectivity index is 2.39. The molecule has 0 aliphatic carbocycles. The third kappa shape index (κ3) is 5.65. The summed E-state index contributed by atoms with van der Waals surface area (Å²) in [5, 5.41) is 3.56. The van der Waals surface area contributed by atoms with E-state index in [9.17, 15) is 0 Å². The Morgan fingerprint density at radius 3 is 2.33 bits per heavy atom. The molecule has 0 amide bonds. The van der Waals surface area contributed by atoms with Crippen molar-refractivity contribution in [2.75, 3.05) is 20.1 Å². The normalized spacial score (nSPS) is 13.2. The highest BCUT2D eigenvalue weighted by atomic mass is 15.1. The third-order valence-electron chi connectivity index (χ3n) is 3.30. The molecule has 1 aromatic carbocycles. The number of nitrogens with zero attached hydrogens (tertiary/aromatic N) is 1. The van der Waals surface area contributed by atoms with Crippen LogP contribution in [0.3, 0.4) is 0 Å². The van der Waals surface area contributed by atoms with Crippen molar-refractivity contribution in [1.82, 2.24) is 10.2 Å². The molecule has 0 aromatic heterocycles. The Bertz CT molecular complexity index is 308. The average Bonchev–Trinajstić information content (AvgIpc) is 2.35. The Morgan fingerprint density at radius 2 is 1.78 bits per heavy atom. The summed E-state index contributed by atoms with van der Waals surface area (Å²) in [4.78, 5) is 2.45. The third-order valence-corrected chi connectivity index (χ3v) is 3.30. The van der Waals surface area contributed by atoms with Gasteiger partial charge in [-0.15, -0.1) is 0 Å². The second kappa shape index (κ2) is 8.28. The van der Waals surface area contributed by atoms with Crippen LogP contribution in [-0.2, 0) is 6.54 Å². The van der Waals surface area contributed by atoms with Gasteiger partial charge in [0, 0.05) is 19.1 Å². The molecule has 1 aromatic rings. The van der Waals surface area contributed by atoms with Gasteiger partial charge in [-0.1, -0.05) is 51.1 Å². The van der Waals surface area contributed by atoms with E-state index in [1.807, 2.05) is 0 Å². The van der Waals surface area contributed by atoms with Crippen LogP contribution >= 0.6 is 0 Å². The zero-order chi connectivity index (χ0) is 13.4. The number of hydrogen-bond donors (Lipinski definition) is 1. The molecule has 1 rings (SSSR count).